The highest BCUT2D eigenvalue weighted by Crippen LogP contribution is 2.30. The quantitative estimate of drug-likeness (QED) is 0.525. The van der Waals surface area contributed by atoms with Gasteiger partial charge in [0, 0.05) is 30.1 Å². The Labute approximate surface area is 217 Å². The van der Waals surface area contributed by atoms with Crippen LogP contribution in [0.5, 0.6) is 0 Å². The Morgan fingerprint density at radius 1 is 1.08 bits per heavy atom. The van der Waals surface area contributed by atoms with Gasteiger partial charge >= 0.3 is 0 Å². The van der Waals surface area contributed by atoms with Gasteiger partial charge in [-0.2, -0.15) is 0 Å². The lowest BCUT2D eigenvalue weighted by atomic mass is 10.0. The van der Waals surface area contributed by atoms with Gasteiger partial charge in [-0.15, -0.1) is 0 Å². The van der Waals surface area contributed by atoms with Crippen molar-refractivity contribution in [2.24, 2.45) is 0 Å². The molecule has 0 aliphatic carbocycles. The fourth-order valence-corrected chi connectivity index (χ4v) is 5.96. The van der Waals surface area contributed by atoms with Gasteiger partial charge in [0.25, 0.3) is 15.9 Å². The molecule has 0 unspecified atom stereocenters. The lowest BCUT2D eigenvalue weighted by molar-refractivity contribution is -0.142. The molecule has 0 aromatic heterocycles. The monoisotopic (exact) mass is 533 g/mol. The highest BCUT2D eigenvalue weighted by molar-refractivity contribution is 7.90. The lowest BCUT2D eigenvalue weighted by Gasteiger charge is -2.33. The normalized spacial score (nSPS) is 15.4. The SMILES string of the molecule is CC[C@H](C(=O)NC(C)(C)C)N(Cc1ccccc1Cl)C(=O)CCCN1C(=O)c2ccccc2S1(=O)=O. The smallest absolute Gasteiger partial charge is 0.269 e. The first kappa shape index (κ1) is 27.7. The molecule has 3 amide bonds. The van der Waals surface area contributed by atoms with Gasteiger partial charge in [0.15, 0.2) is 0 Å². The van der Waals surface area contributed by atoms with E-state index in [4.69, 9.17) is 11.6 Å². The van der Waals surface area contributed by atoms with Crippen LogP contribution < -0.4 is 5.32 Å². The molecule has 0 saturated carbocycles. The Balaban J connectivity index is 1.77. The average Bonchev–Trinajstić information content (AvgIpc) is 2.99. The summed E-state index contributed by atoms with van der Waals surface area (Å²) >= 11 is 6.34. The molecule has 0 bridgehead atoms. The summed E-state index contributed by atoms with van der Waals surface area (Å²) in [7, 11) is -3.95. The summed E-state index contributed by atoms with van der Waals surface area (Å²) in [4.78, 5) is 40.6. The van der Waals surface area contributed by atoms with Crippen molar-refractivity contribution < 1.29 is 22.8 Å². The van der Waals surface area contributed by atoms with Gasteiger partial charge in [-0.3, -0.25) is 14.4 Å². The Morgan fingerprint density at radius 2 is 1.72 bits per heavy atom. The molecule has 194 valence electrons. The third-order valence-electron chi connectivity index (χ3n) is 5.85. The molecule has 1 N–H and O–H groups in total. The first-order chi connectivity index (χ1) is 16.9. The highest BCUT2D eigenvalue weighted by atomic mass is 35.5. The highest BCUT2D eigenvalue weighted by Gasteiger charge is 2.40. The maximum absolute atomic E-state index is 13.4. The number of carbonyl (C=O) groups is 3. The van der Waals surface area contributed by atoms with Crippen LogP contribution in [0.1, 0.15) is 62.9 Å². The van der Waals surface area contributed by atoms with Crippen molar-refractivity contribution in [2.75, 3.05) is 6.54 Å². The number of carbonyl (C=O) groups excluding carboxylic acids is 3. The van der Waals surface area contributed by atoms with Gasteiger partial charge in [0.1, 0.15) is 10.9 Å². The largest absolute Gasteiger partial charge is 0.350 e. The van der Waals surface area contributed by atoms with Gasteiger partial charge in [-0.25, -0.2) is 12.7 Å². The van der Waals surface area contributed by atoms with Crippen molar-refractivity contribution in [3.63, 3.8) is 0 Å². The Morgan fingerprint density at radius 3 is 2.33 bits per heavy atom. The molecule has 1 atom stereocenters. The van der Waals surface area contributed by atoms with E-state index < -0.39 is 27.5 Å². The van der Waals surface area contributed by atoms with Crippen molar-refractivity contribution in [3.8, 4) is 0 Å². The van der Waals surface area contributed by atoms with E-state index in [1.807, 2.05) is 33.8 Å². The number of nitrogens with one attached hydrogen (secondary N) is 1. The van der Waals surface area contributed by atoms with E-state index in [2.05, 4.69) is 5.32 Å². The summed E-state index contributed by atoms with van der Waals surface area (Å²) in [5.74, 6) is -1.20. The van der Waals surface area contributed by atoms with Gasteiger partial charge < -0.3 is 10.2 Å². The van der Waals surface area contributed by atoms with E-state index in [-0.39, 0.29) is 48.2 Å². The third-order valence-corrected chi connectivity index (χ3v) is 8.06. The van der Waals surface area contributed by atoms with E-state index >= 15 is 0 Å². The van der Waals surface area contributed by atoms with E-state index in [0.29, 0.717) is 17.0 Å². The molecule has 8 nitrogen and oxygen atoms in total. The number of fused-ring (bicyclic) bond motifs is 1. The lowest BCUT2D eigenvalue weighted by Crippen LogP contribution is -2.53. The Kier molecular flexibility index (Phi) is 8.46. The molecule has 1 aliphatic heterocycles. The number of halogens is 1. The number of sulfonamides is 1. The van der Waals surface area contributed by atoms with E-state index in [9.17, 15) is 22.8 Å². The summed E-state index contributed by atoms with van der Waals surface area (Å²) in [5, 5.41) is 3.41. The van der Waals surface area contributed by atoms with Crippen molar-refractivity contribution in [1.82, 2.24) is 14.5 Å². The maximum Gasteiger partial charge on any atom is 0.269 e. The maximum atomic E-state index is 13.4. The molecule has 10 heteroatoms. The van der Waals surface area contributed by atoms with Crippen LogP contribution in [0, 0.1) is 0 Å². The number of rotatable bonds is 9. The summed E-state index contributed by atoms with van der Waals surface area (Å²) < 4.78 is 26.4. The van der Waals surface area contributed by atoms with Crippen LogP contribution in [0.25, 0.3) is 0 Å². The molecule has 36 heavy (non-hydrogen) atoms. The van der Waals surface area contributed by atoms with E-state index in [1.54, 1.807) is 30.3 Å². The molecular weight excluding hydrogens is 502 g/mol. The molecule has 1 aliphatic rings. The van der Waals surface area contributed by atoms with Crippen LogP contribution in [0.2, 0.25) is 5.02 Å². The van der Waals surface area contributed by atoms with E-state index in [1.165, 1.54) is 17.0 Å². The summed E-state index contributed by atoms with van der Waals surface area (Å²) in [6.07, 6.45) is 0.458. The summed E-state index contributed by atoms with van der Waals surface area (Å²) in [6, 6.07) is 12.4. The molecule has 0 fully saturated rings. The molecule has 0 saturated heterocycles. The van der Waals surface area contributed by atoms with Gasteiger partial charge in [-0.1, -0.05) is 48.9 Å². The molecule has 2 aromatic rings. The average molecular weight is 534 g/mol. The van der Waals surface area contributed by atoms with Crippen LogP contribution >= 0.6 is 11.6 Å². The standard InChI is InChI=1S/C26H32ClN3O5S/c1-5-21(24(32)28-26(2,3)4)29(17-18-11-6-8-13-20(18)27)23(31)15-10-16-30-25(33)19-12-7-9-14-22(19)36(30,34)35/h6-9,11-14,21H,5,10,15-17H2,1-4H3,(H,28,32)/t21-/m1/s1. The van der Waals surface area contributed by atoms with Crippen molar-refractivity contribution in [2.45, 2.75) is 70.0 Å². The number of amides is 3. The van der Waals surface area contributed by atoms with Gasteiger partial charge in [0.2, 0.25) is 11.8 Å². The molecule has 0 spiro atoms. The van der Waals surface area contributed by atoms with Gasteiger partial charge in [0.05, 0.1) is 5.56 Å². The van der Waals surface area contributed by atoms with E-state index in [0.717, 1.165) is 4.31 Å². The minimum absolute atomic E-state index is 0.0217. The Bertz CT molecular complexity index is 1260. The zero-order chi connectivity index (χ0) is 26.7. The van der Waals surface area contributed by atoms with Crippen LogP contribution in [-0.4, -0.2) is 53.5 Å². The van der Waals surface area contributed by atoms with Crippen molar-refractivity contribution >= 4 is 39.3 Å². The first-order valence-corrected chi connectivity index (χ1v) is 13.7. The third kappa shape index (κ3) is 6.07. The number of nitrogens with zero attached hydrogens (tertiary/aromatic N) is 2. The number of hydrogen-bond acceptors (Lipinski definition) is 5. The van der Waals surface area contributed by atoms with Crippen LogP contribution in [-0.2, 0) is 26.2 Å². The summed E-state index contributed by atoms with van der Waals surface area (Å²) in [5.41, 5.74) is 0.347. The Hall–Kier alpha value is -2.91. The molecular formula is C26H32ClN3O5S. The van der Waals surface area contributed by atoms with Crippen molar-refractivity contribution in [3.05, 3.63) is 64.7 Å². The predicted molar refractivity (Wildman–Crippen MR) is 138 cm³/mol. The zero-order valence-electron chi connectivity index (χ0n) is 21.0. The van der Waals surface area contributed by atoms with Gasteiger partial charge in [-0.05, 0) is 57.4 Å². The summed E-state index contributed by atoms with van der Waals surface area (Å²) in [6.45, 7) is 7.41. The second kappa shape index (κ2) is 11.0. The van der Waals surface area contributed by atoms with Crippen LogP contribution in [0.15, 0.2) is 53.4 Å². The fourth-order valence-electron chi connectivity index (χ4n) is 4.15. The number of hydrogen-bond donors (Lipinski definition) is 1. The molecule has 2 aromatic carbocycles. The second-order valence-electron chi connectivity index (χ2n) is 9.76. The number of benzene rings is 2. The topological polar surface area (TPSA) is 104 Å². The molecule has 0 radical (unpaired) electrons. The second-order valence-corrected chi connectivity index (χ2v) is 12.0. The minimum Gasteiger partial charge on any atom is -0.350 e. The van der Waals surface area contributed by atoms with Crippen LogP contribution in [0.3, 0.4) is 0 Å². The minimum atomic E-state index is -3.95. The zero-order valence-corrected chi connectivity index (χ0v) is 22.5. The first-order valence-electron chi connectivity index (χ1n) is 11.9. The molecule has 3 rings (SSSR count). The molecule has 1 heterocycles. The van der Waals surface area contributed by atoms with Crippen LogP contribution in [0.4, 0.5) is 0 Å². The predicted octanol–water partition coefficient (Wildman–Crippen LogP) is 3.99. The van der Waals surface area contributed by atoms with Crippen molar-refractivity contribution in [1.29, 1.82) is 0 Å². The fraction of sp³-hybridized carbons (Fsp3) is 0.423.